The molecule has 0 atom stereocenters. The zero-order chi connectivity index (χ0) is 27.9. The number of pyridine rings is 1. The average molecular weight is 542 g/mol. The number of carbonyl (C=O) groups excluding carboxylic acids is 1. The highest BCUT2D eigenvalue weighted by Crippen LogP contribution is 2.35. The molecule has 0 radical (unpaired) electrons. The van der Waals surface area contributed by atoms with Crippen molar-refractivity contribution >= 4 is 29.0 Å². The third-order valence-corrected chi connectivity index (χ3v) is 7.42. The molecule has 6 heteroatoms. The second-order valence-corrected chi connectivity index (χ2v) is 10.1. The fraction of sp³-hybridized carbons (Fsp3) is 0.0882. The summed E-state index contributed by atoms with van der Waals surface area (Å²) in [6.07, 6.45) is 0. The Morgan fingerprint density at radius 1 is 0.850 bits per heavy atom. The van der Waals surface area contributed by atoms with Crippen LogP contribution < -0.4 is 9.64 Å². The maximum absolute atomic E-state index is 13.7. The van der Waals surface area contributed by atoms with Crippen molar-refractivity contribution in [2.75, 3.05) is 17.8 Å². The Bertz CT molecular complexity index is 1610. The smallest absolute Gasteiger partial charge is 0.241 e. The van der Waals surface area contributed by atoms with Gasteiger partial charge in [0.25, 0.3) is 0 Å². The molecule has 0 aliphatic heterocycles. The molecule has 0 N–H and O–H groups in total. The summed E-state index contributed by atoms with van der Waals surface area (Å²) in [6.45, 7) is 2.03. The molecule has 5 nitrogen and oxygen atoms in total. The Balaban J connectivity index is 1.54. The molecule has 0 aliphatic rings. The number of anilines is 2. The second kappa shape index (κ2) is 12.3. The van der Waals surface area contributed by atoms with Crippen LogP contribution in [0.25, 0.3) is 22.4 Å². The Morgan fingerprint density at radius 3 is 1.98 bits per heavy atom. The monoisotopic (exact) mass is 541 g/mol. The molecule has 0 unspecified atom stereocenters. The van der Waals surface area contributed by atoms with Gasteiger partial charge < -0.3 is 4.74 Å². The minimum atomic E-state index is -0.111. The number of nitrogens with zero attached hydrogens (tertiary/aromatic N) is 3. The fourth-order valence-corrected chi connectivity index (χ4v) is 5.24. The number of hydrogen-bond acceptors (Lipinski definition) is 5. The number of ether oxygens (including phenoxy) is 1. The maximum atomic E-state index is 13.7. The Hall–Kier alpha value is -4.86. The first-order valence-corrected chi connectivity index (χ1v) is 13.8. The highest BCUT2D eigenvalue weighted by atomic mass is 32.2. The van der Waals surface area contributed by atoms with Crippen molar-refractivity contribution in [1.29, 1.82) is 5.26 Å². The van der Waals surface area contributed by atoms with Gasteiger partial charge in [0.15, 0.2) is 0 Å². The van der Waals surface area contributed by atoms with E-state index in [9.17, 15) is 10.1 Å². The molecule has 0 fully saturated rings. The first kappa shape index (κ1) is 26.7. The van der Waals surface area contributed by atoms with E-state index in [1.807, 2.05) is 122 Å². The van der Waals surface area contributed by atoms with E-state index in [0.717, 1.165) is 45.1 Å². The predicted molar refractivity (Wildman–Crippen MR) is 162 cm³/mol. The first-order chi connectivity index (χ1) is 19.6. The van der Waals surface area contributed by atoms with Crippen LogP contribution in [-0.4, -0.2) is 23.8 Å². The van der Waals surface area contributed by atoms with E-state index in [0.29, 0.717) is 10.6 Å². The summed E-state index contributed by atoms with van der Waals surface area (Å²) < 4.78 is 5.32. The second-order valence-electron chi connectivity index (χ2n) is 9.13. The lowest BCUT2D eigenvalue weighted by Crippen LogP contribution is -2.27. The van der Waals surface area contributed by atoms with Gasteiger partial charge in [-0.2, -0.15) is 5.26 Å². The molecule has 0 bridgehead atoms. The quantitative estimate of drug-likeness (QED) is 0.186. The zero-order valence-corrected chi connectivity index (χ0v) is 23.1. The van der Waals surface area contributed by atoms with Crippen LogP contribution in [-0.2, 0) is 4.79 Å². The van der Waals surface area contributed by atoms with E-state index in [1.54, 1.807) is 12.0 Å². The SMILES string of the molecule is COc1ccc(-c2cc(-c3ccc(C)cc3)c(C#N)c(SCC(=O)N(c3ccccc3)c3ccccc3)n2)cc1. The van der Waals surface area contributed by atoms with Gasteiger partial charge in [-0.3, -0.25) is 9.69 Å². The minimum absolute atomic E-state index is 0.102. The van der Waals surface area contributed by atoms with Crippen molar-refractivity contribution in [1.82, 2.24) is 4.98 Å². The molecular weight excluding hydrogens is 514 g/mol. The number of thioether (sulfide) groups is 1. The third-order valence-electron chi connectivity index (χ3n) is 6.46. The number of aryl methyl sites for hydroxylation is 1. The van der Waals surface area contributed by atoms with Gasteiger partial charge in [0.05, 0.1) is 24.1 Å². The number of aromatic nitrogens is 1. The van der Waals surface area contributed by atoms with E-state index >= 15 is 0 Å². The summed E-state index contributed by atoms with van der Waals surface area (Å²) in [5.41, 5.74) is 6.44. The van der Waals surface area contributed by atoms with Crippen molar-refractivity contribution in [3.05, 3.63) is 126 Å². The lowest BCUT2D eigenvalue weighted by Gasteiger charge is -2.23. The van der Waals surface area contributed by atoms with Crippen molar-refractivity contribution in [3.8, 4) is 34.2 Å². The number of hydrogen-bond donors (Lipinski definition) is 0. The molecule has 5 rings (SSSR count). The first-order valence-electron chi connectivity index (χ1n) is 12.8. The van der Waals surface area contributed by atoms with Crippen LogP contribution in [0.4, 0.5) is 11.4 Å². The number of rotatable bonds is 8. The summed E-state index contributed by atoms with van der Waals surface area (Å²) in [5, 5.41) is 10.8. The van der Waals surface area contributed by atoms with Crippen molar-refractivity contribution in [2.45, 2.75) is 11.9 Å². The van der Waals surface area contributed by atoms with Crippen LogP contribution in [0.15, 0.2) is 120 Å². The van der Waals surface area contributed by atoms with Gasteiger partial charge in [-0.25, -0.2) is 4.98 Å². The molecule has 1 amide bonds. The summed E-state index contributed by atoms with van der Waals surface area (Å²) in [6, 6.07) is 39.2. The fourth-order valence-electron chi connectivity index (χ4n) is 4.39. The highest BCUT2D eigenvalue weighted by Gasteiger charge is 2.21. The average Bonchev–Trinajstić information content (AvgIpc) is 3.01. The molecule has 40 heavy (non-hydrogen) atoms. The number of amides is 1. The topological polar surface area (TPSA) is 66.2 Å². The minimum Gasteiger partial charge on any atom is -0.497 e. The van der Waals surface area contributed by atoms with E-state index < -0.39 is 0 Å². The zero-order valence-electron chi connectivity index (χ0n) is 22.2. The molecule has 0 spiro atoms. The molecule has 196 valence electrons. The number of methoxy groups -OCH3 is 1. The van der Waals surface area contributed by atoms with Crippen molar-refractivity contribution < 1.29 is 9.53 Å². The molecule has 1 aromatic heterocycles. The molecule has 0 aliphatic carbocycles. The van der Waals surface area contributed by atoms with Crippen LogP contribution in [0.3, 0.4) is 0 Å². The normalized spacial score (nSPS) is 10.5. The van der Waals surface area contributed by atoms with Crippen LogP contribution in [0.1, 0.15) is 11.1 Å². The standard InChI is InChI=1S/C34H27N3O2S/c1-24-13-15-25(16-14-24)30-21-32(26-17-19-29(39-2)20-18-26)36-34(31(30)22-35)40-23-33(38)37(27-9-5-3-6-10-27)28-11-7-4-8-12-28/h3-21H,23H2,1-2H3. The van der Waals surface area contributed by atoms with Gasteiger partial charge in [0.1, 0.15) is 16.8 Å². The Kier molecular flexibility index (Phi) is 8.24. The lowest BCUT2D eigenvalue weighted by atomic mass is 9.98. The molecular formula is C34H27N3O2S. The van der Waals surface area contributed by atoms with E-state index in [-0.39, 0.29) is 11.7 Å². The van der Waals surface area contributed by atoms with Crippen LogP contribution in [0.2, 0.25) is 0 Å². The lowest BCUT2D eigenvalue weighted by molar-refractivity contribution is -0.115. The number of nitriles is 1. The van der Waals surface area contributed by atoms with Crippen molar-refractivity contribution in [3.63, 3.8) is 0 Å². The largest absolute Gasteiger partial charge is 0.497 e. The molecule has 4 aromatic carbocycles. The van der Waals surface area contributed by atoms with Gasteiger partial charge in [-0.05, 0) is 67.1 Å². The third kappa shape index (κ3) is 5.90. The van der Waals surface area contributed by atoms with Gasteiger partial charge in [0.2, 0.25) is 5.91 Å². The summed E-state index contributed by atoms with van der Waals surface area (Å²) in [4.78, 5) is 20.3. The Morgan fingerprint density at radius 2 is 1.43 bits per heavy atom. The molecule has 1 heterocycles. The Labute approximate surface area is 238 Å². The van der Waals surface area contributed by atoms with E-state index in [1.165, 1.54) is 11.8 Å². The van der Waals surface area contributed by atoms with Gasteiger partial charge in [0, 0.05) is 22.5 Å². The van der Waals surface area contributed by atoms with Crippen molar-refractivity contribution in [2.24, 2.45) is 0 Å². The molecule has 0 saturated heterocycles. The van der Waals surface area contributed by atoms with Gasteiger partial charge in [-0.1, -0.05) is 78.0 Å². The molecule has 5 aromatic rings. The number of para-hydroxylation sites is 2. The summed E-state index contributed by atoms with van der Waals surface area (Å²) in [5.74, 6) is 0.739. The highest BCUT2D eigenvalue weighted by molar-refractivity contribution is 8.00. The number of benzene rings is 4. The summed E-state index contributed by atoms with van der Waals surface area (Å²) >= 11 is 1.28. The van der Waals surface area contributed by atoms with Gasteiger partial charge >= 0.3 is 0 Å². The van der Waals surface area contributed by atoms with Crippen LogP contribution in [0.5, 0.6) is 5.75 Å². The van der Waals surface area contributed by atoms with Gasteiger partial charge in [-0.15, -0.1) is 0 Å². The summed E-state index contributed by atoms with van der Waals surface area (Å²) in [7, 11) is 1.63. The predicted octanol–water partition coefficient (Wildman–Crippen LogP) is 8.06. The van der Waals surface area contributed by atoms with E-state index in [2.05, 4.69) is 6.07 Å². The molecule has 0 saturated carbocycles. The number of carbonyl (C=O) groups is 1. The van der Waals surface area contributed by atoms with Crippen LogP contribution >= 0.6 is 11.8 Å². The van der Waals surface area contributed by atoms with Crippen LogP contribution in [0, 0.1) is 18.3 Å². The maximum Gasteiger partial charge on any atom is 0.241 e. The van der Waals surface area contributed by atoms with E-state index in [4.69, 9.17) is 9.72 Å².